The van der Waals surface area contributed by atoms with E-state index in [1.54, 1.807) is 6.20 Å². The summed E-state index contributed by atoms with van der Waals surface area (Å²) in [7, 11) is 0. The third-order valence-electron chi connectivity index (χ3n) is 3.17. The number of rotatable bonds is 9. The molecule has 0 saturated carbocycles. The van der Waals surface area contributed by atoms with E-state index in [0.29, 0.717) is 6.61 Å². The van der Waals surface area contributed by atoms with Crippen LogP contribution in [0.25, 0.3) is 0 Å². The van der Waals surface area contributed by atoms with Crippen molar-refractivity contribution in [3.8, 4) is 0 Å². The van der Waals surface area contributed by atoms with Gasteiger partial charge in [-0.25, -0.2) is 0 Å². The third kappa shape index (κ3) is 5.03. The molecule has 1 unspecified atom stereocenters. The molecule has 0 spiro atoms. The molecular formula is C14H25N3O2. The summed E-state index contributed by atoms with van der Waals surface area (Å²) in [4.78, 5) is 12.0. The standard InChI is InChI=1S/C14H25N3O2/c1-4-15-14(3,13(18)19-5-2)9-6-7-11-17-12-8-10-16-17/h8,10,12,15H,4-7,9,11H2,1-3H3. The van der Waals surface area contributed by atoms with Gasteiger partial charge < -0.3 is 10.1 Å². The number of nitrogens with one attached hydrogen (secondary N) is 1. The van der Waals surface area contributed by atoms with E-state index in [0.717, 1.165) is 32.4 Å². The second-order valence-electron chi connectivity index (χ2n) is 4.81. The van der Waals surface area contributed by atoms with Crippen LogP contribution >= 0.6 is 0 Å². The van der Waals surface area contributed by atoms with Gasteiger partial charge in [0.2, 0.25) is 0 Å². The van der Waals surface area contributed by atoms with Crippen LogP contribution in [0.1, 0.15) is 40.0 Å². The number of likely N-dealkylation sites (N-methyl/N-ethyl adjacent to an activating group) is 1. The van der Waals surface area contributed by atoms with E-state index in [-0.39, 0.29) is 5.97 Å². The lowest BCUT2D eigenvalue weighted by Gasteiger charge is -2.28. The molecule has 0 saturated heterocycles. The maximum absolute atomic E-state index is 12.0. The van der Waals surface area contributed by atoms with Crippen LogP contribution in [0, 0.1) is 0 Å². The zero-order valence-electron chi connectivity index (χ0n) is 12.2. The fraction of sp³-hybridized carbons (Fsp3) is 0.714. The van der Waals surface area contributed by atoms with Crippen LogP contribution in [0.4, 0.5) is 0 Å². The molecule has 0 aromatic carbocycles. The molecule has 1 atom stereocenters. The molecule has 1 N–H and O–H groups in total. The Morgan fingerprint density at radius 1 is 1.42 bits per heavy atom. The number of aryl methyl sites for hydroxylation is 1. The monoisotopic (exact) mass is 267 g/mol. The molecular weight excluding hydrogens is 242 g/mol. The van der Waals surface area contributed by atoms with Gasteiger partial charge in [0.05, 0.1) is 6.61 Å². The summed E-state index contributed by atoms with van der Waals surface area (Å²) < 4.78 is 7.06. The number of hydrogen-bond acceptors (Lipinski definition) is 4. The molecule has 0 aliphatic heterocycles. The first kappa shape index (κ1) is 15.7. The van der Waals surface area contributed by atoms with Crippen LogP contribution in [-0.2, 0) is 16.1 Å². The maximum atomic E-state index is 12.0. The first-order chi connectivity index (χ1) is 9.12. The summed E-state index contributed by atoms with van der Waals surface area (Å²) >= 11 is 0. The molecule has 19 heavy (non-hydrogen) atoms. The van der Waals surface area contributed by atoms with Crippen molar-refractivity contribution in [2.24, 2.45) is 0 Å². The van der Waals surface area contributed by atoms with Crippen molar-refractivity contribution in [2.45, 2.75) is 52.1 Å². The SMILES string of the molecule is CCNC(C)(CCCCn1cccn1)C(=O)OCC. The Bertz CT molecular complexity index is 365. The number of esters is 1. The molecule has 5 nitrogen and oxygen atoms in total. The highest BCUT2D eigenvalue weighted by molar-refractivity contribution is 5.80. The van der Waals surface area contributed by atoms with Crippen LogP contribution in [0.3, 0.4) is 0 Å². The molecule has 0 bridgehead atoms. The van der Waals surface area contributed by atoms with E-state index >= 15 is 0 Å². The smallest absolute Gasteiger partial charge is 0.326 e. The third-order valence-corrected chi connectivity index (χ3v) is 3.17. The molecule has 0 fully saturated rings. The van der Waals surface area contributed by atoms with Crippen molar-refractivity contribution < 1.29 is 9.53 Å². The van der Waals surface area contributed by atoms with Gasteiger partial charge in [-0.05, 0) is 45.7 Å². The van der Waals surface area contributed by atoms with E-state index in [1.807, 2.05) is 37.7 Å². The van der Waals surface area contributed by atoms with Gasteiger partial charge in [0.15, 0.2) is 0 Å². The number of nitrogens with zero attached hydrogens (tertiary/aromatic N) is 2. The van der Waals surface area contributed by atoms with Crippen LogP contribution in [0.15, 0.2) is 18.5 Å². The Hall–Kier alpha value is -1.36. The topological polar surface area (TPSA) is 56.2 Å². The Labute approximate surface area is 115 Å². The van der Waals surface area contributed by atoms with Crippen molar-refractivity contribution in [1.82, 2.24) is 15.1 Å². The van der Waals surface area contributed by atoms with Crippen molar-refractivity contribution in [1.29, 1.82) is 0 Å². The van der Waals surface area contributed by atoms with Crippen LogP contribution in [0.5, 0.6) is 0 Å². The van der Waals surface area contributed by atoms with Gasteiger partial charge in [-0.15, -0.1) is 0 Å². The lowest BCUT2D eigenvalue weighted by molar-refractivity contribution is -0.150. The number of carbonyl (C=O) groups excluding carboxylic acids is 1. The maximum Gasteiger partial charge on any atom is 0.326 e. The highest BCUT2D eigenvalue weighted by Gasteiger charge is 2.32. The van der Waals surface area contributed by atoms with Crippen molar-refractivity contribution in [2.75, 3.05) is 13.2 Å². The predicted molar refractivity (Wildman–Crippen MR) is 74.8 cm³/mol. The van der Waals surface area contributed by atoms with E-state index in [2.05, 4.69) is 10.4 Å². The first-order valence-electron chi connectivity index (χ1n) is 7.02. The first-order valence-corrected chi connectivity index (χ1v) is 7.02. The molecule has 1 aromatic rings. The zero-order valence-corrected chi connectivity index (χ0v) is 12.2. The van der Waals surface area contributed by atoms with Gasteiger partial charge in [-0.1, -0.05) is 6.92 Å². The number of unbranched alkanes of at least 4 members (excludes halogenated alkanes) is 1. The second kappa shape index (κ2) is 7.94. The largest absolute Gasteiger partial charge is 0.465 e. The Morgan fingerprint density at radius 3 is 2.79 bits per heavy atom. The predicted octanol–water partition coefficient (Wildman–Crippen LogP) is 1.98. The van der Waals surface area contributed by atoms with Gasteiger partial charge in [0, 0.05) is 18.9 Å². The van der Waals surface area contributed by atoms with Crippen molar-refractivity contribution in [3.05, 3.63) is 18.5 Å². The molecule has 1 heterocycles. The molecule has 0 aliphatic carbocycles. The number of hydrogen-bond donors (Lipinski definition) is 1. The summed E-state index contributed by atoms with van der Waals surface area (Å²) in [5.41, 5.74) is -0.575. The summed E-state index contributed by atoms with van der Waals surface area (Å²) in [6.07, 6.45) is 6.47. The van der Waals surface area contributed by atoms with Crippen molar-refractivity contribution in [3.63, 3.8) is 0 Å². The lowest BCUT2D eigenvalue weighted by Crippen LogP contribution is -2.50. The van der Waals surface area contributed by atoms with Gasteiger partial charge in [-0.3, -0.25) is 9.48 Å². The second-order valence-corrected chi connectivity index (χ2v) is 4.81. The fourth-order valence-corrected chi connectivity index (χ4v) is 2.13. The van der Waals surface area contributed by atoms with Gasteiger partial charge >= 0.3 is 5.97 Å². The molecule has 5 heteroatoms. The van der Waals surface area contributed by atoms with Crippen LogP contribution < -0.4 is 5.32 Å². The Kier molecular flexibility index (Phi) is 6.56. The van der Waals surface area contributed by atoms with Gasteiger partial charge in [-0.2, -0.15) is 5.10 Å². The van der Waals surface area contributed by atoms with E-state index in [9.17, 15) is 4.79 Å². The number of ether oxygens (including phenoxy) is 1. The van der Waals surface area contributed by atoms with Crippen molar-refractivity contribution >= 4 is 5.97 Å². The number of carbonyl (C=O) groups is 1. The van der Waals surface area contributed by atoms with Gasteiger partial charge in [0.25, 0.3) is 0 Å². The van der Waals surface area contributed by atoms with E-state index in [4.69, 9.17) is 4.74 Å². The minimum absolute atomic E-state index is 0.157. The average molecular weight is 267 g/mol. The molecule has 108 valence electrons. The molecule has 1 rings (SSSR count). The summed E-state index contributed by atoms with van der Waals surface area (Å²) in [5, 5.41) is 7.40. The highest BCUT2D eigenvalue weighted by Crippen LogP contribution is 2.16. The highest BCUT2D eigenvalue weighted by atomic mass is 16.5. The quantitative estimate of drug-likeness (QED) is 0.549. The summed E-state index contributed by atoms with van der Waals surface area (Å²) in [5.74, 6) is -0.157. The molecule has 0 amide bonds. The average Bonchev–Trinajstić information content (AvgIpc) is 2.88. The Balaban J connectivity index is 2.38. The molecule has 1 aromatic heterocycles. The summed E-state index contributed by atoms with van der Waals surface area (Å²) in [6.45, 7) is 7.82. The molecule has 0 aliphatic rings. The lowest BCUT2D eigenvalue weighted by atomic mass is 9.94. The summed E-state index contributed by atoms with van der Waals surface area (Å²) in [6, 6.07) is 1.92. The minimum atomic E-state index is -0.575. The van der Waals surface area contributed by atoms with Gasteiger partial charge in [0.1, 0.15) is 5.54 Å². The van der Waals surface area contributed by atoms with E-state index < -0.39 is 5.54 Å². The molecule has 0 radical (unpaired) electrons. The number of aromatic nitrogens is 2. The van der Waals surface area contributed by atoms with Crippen LogP contribution in [-0.4, -0.2) is 34.4 Å². The van der Waals surface area contributed by atoms with Crippen LogP contribution in [0.2, 0.25) is 0 Å². The zero-order chi connectivity index (χ0) is 14.1. The normalized spacial score (nSPS) is 14.1. The minimum Gasteiger partial charge on any atom is -0.465 e. The van der Waals surface area contributed by atoms with E-state index in [1.165, 1.54) is 0 Å². The Morgan fingerprint density at radius 2 is 2.21 bits per heavy atom. The fourth-order valence-electron chi connectivity index (χ4n) is 2.13.